The molecule has 1 aromatic carbocycles. The van der Waals surface area contributed by atoms with Gasteiger partial charge in [0.05, 0.1) is 11.4 Å². The minimum Gasteiger partial charge on any atom is -0.480 e. The number of anilines is 1. The Balaban J connectivity index is 3.34. The summed E-state index contributed by atoms with van der Waals surface area (Å²) in [6.07, 6.45) is 0. The van der Waals surface area contributed by atoms with Crippen LogP contribution in [0.25, 0.3) is 0 Å². The van der Waals surface area contributed by atoms with E-state index in [1.54, 1.807) is 0 Å². The Bertz CT molecular complexity index is 561. The first-order valence-electron chi connectivity index (χ1n) is 4.95. The van der Waals surface area contributed by atoms with Crippen molar-refractivity contribution in [1.29, 1.82) is 0 Å². The van der Waals surface area contributed by atoms with Crippen molar-refractivity contribution in [1.82, 2.24) is 0 Å². The molecule has 0 aliphatic heterocycles. The third kappa shape index (κ3) is 3.33. The van der Waals surface area contributed by atoms with Gasteiger partial charge < -0.3 is 5.11 Å². The van der Waals surface area contributed by atoms with Crippen molar-refractivity contribution in [2.24, 2.45) is 0 Å². The van der Waals surface area contributed by atoms with Crippen molar-refractivity contribution in [2.45, 2.75) is 6.92 Å². The summed E-state index contributed by atoms with van der Waals surface area (Å²) in [6, 6.07) is 3.31. The molecule has 0 unspecified atom stereocenters. The number of nitrogens with zero attached hydrogens (tertiary/aromatic N) is 1. The smallest absolute Gasteiger partial charge is 0.324 e. The van der Waals surface area contributed by atoms with Crippen molar-refractivity contribution >= 4 is 33.3 Å². The summed E-state index contributed by atoms with van der Waals surface area (Å²) < 4.78 is 37.6. The number of halogens is 2. The van der Waals surface area contributed by atoms with Crippen LogP contribution in [0.5, 0.6) is 0 Å². The molecule has 0 aliphatic rings. The molecule has 0 aliphatic carbocycles. The monoisotopic (exact) mass is 295 g/mol. The van der Waals surface area contributed by atoms with Gasteiger partial charge in [0.15, 0.2) is 0 Å². The lowest BCUT2D eigenvalue weighted by Gasteiger charge is -2.22. The number of hydrogen-bond acceptors (Lipinski definition) is 3. The third-order valence-corrected chi connectivity index (χ3v) is 4.12. The number of carboxylic acid groups (broad SMARTS) is 1. The predicted octanol–water partition coefficient (Wildman–Crippen LogP) is 1.72. The van der Waals surface area contributed by atoms with E-state index < -0.39 is 28.4 Å². The van der Waals surface area contributed by atoms with Crippen LogP contribution in [0.4, 0.5) is 10.1 Å². The van der Waals surface area contributed by atoms with Crippen molar-refractivity contribution in [2.75, 3.05) is 16.6 Å². The standard InChI is InChI=1S/C10H11ClFNO4S/c1-2-18(16,17)13(6-10(14)15)9-5-7(11)3-4-8(9)12/h3-5H,2,6H2,1H3,(H,14,15). The average molecular weight is 296 g/mol. The van der Waals surface area contributed by atoms with E-state index in [1.807, 2.05) is 0 Å². The normalized spacial score (nSPS) is 11.3. The Hall–Kier alpha value is -1.34. The molecule has 0 spiro atoms. The lowest BCUT2D eigenvalue weighted by atomic mass is 10.3. The Morgan fingerprint density at radius 2 is 2.11 bits per heavy atom. The largest absolute Gasteiger partial charge is 0.480 e. The highest BCUT2D eigenvalue weighted by Crippen LogP contribution is 2.25. The molecule has 1 rings (SSSR count). The molecule has 1 aromatic rings. The van der Waals surface area contributed by atoms with Crippen LogP contribution >= 0.6 is 11.6 Å². The van der Waals surface area contributed by atoms with Crippen LogP contribution in [-0.2, 0) is 14.8 Å². The summed E-state index contributed by atoms with van der Waals surface area (Å²) in [5, 5.41) is 8.82. The fourth-order valence-corrected chi connectivity index (χ4v) is 2.51. The zero-order valence-corrected chi connectivity index (χ0v) is 11.0. The maximum absolute atomic E-state index is 13.6. The van der Waals surface area contributed by atoms with Crippen LogP contribution < -0.4 is 4.31 Å². The highest BCUT2D eigenvalue weighted by atomic mass is 35.5. The average Bonchev–Trinajstić information content (AvgIpc) is 2.29. The van der Waals surface area contributed by atoms with E-state index in [1.165, 1.54) is 13.0 Å². The maximum atomic E-state index is 13.6. The van der Waals surface area contributed by atoms with Crippen molar-refractivity contribution < 1.29 is 22.7 Å². The zero-order valence-electron chi connectivity index (χ0n) is 9.43. The summed E-state index contributed by atoms with van der Waals surface area (Å²) >= 11 is 5.66. The molecule has 0 atom stereocenters. The first kappa shape index (κ1) is 14.7. The number of hydrogen-bond donors (Lipinski definition) is 1. The third-order valence-electron chi connectivity index (χ3n) is 2.16. The Kier molecular flexibility index (Phi) is 4.53. The van der Waals surface area contributed by atoms with E-state index in [4.69, 9.17) is 16.7 Å². The van der Waals surface area contributed by atoms with E-state index in [-0.39, 0.29) is 16.5 Å². The van der Waals surface area contributed by atoms with Gasteiger partial charge in [0, 0.05) is 5.02 Å². The fourth-order valence-electron chi connectivity index (χ4n) is 1.29. The molecule has 5 nitrogen and oxygen atoms in total. The second-order valence-electron chi connectivity index (χ2n) is 3.40. The molecule has 0 amide bonds. The molecule has 0 saturated heterocycles. The van der Waals surface area contributed by atoms with Crippen LogP contribution in [0.2, 0.25) is 5.02 Å². The SMILES string of the molecule is CCS(=O)(=O)N(CC(=O)O)c1cc(Cl)ccc1F. The molecule has 0 aromatic heterocycles. The molecule has 0 bridgehead atoms. The number of benzene rings is 1. The second-order valence-corrected chi connectivity index (χ2v) is 6.02. The molecule has 0 heterocycles. The van der Waals surface area contributed by atoms with Gasteiger partial charge in [-0.2, -0.15) is 0 Å². The lowest BCUT2D eigenvalue weighted by Crippen LogP contribution is -2.37. The Labute approximate surface area is 109 Å². The van der Waals surface area contributed by atoms with Gasteiger partial charge in [0.1, 0.15) is 12.4 Å². The van der Waals surface area contributed by atoms with E-state index >= 15 is 0 Å². The molecule has 18 heavy (non-hydrogen) atoms. The van der Waals surface area contributed by atoms with Crippen LogP contribution in [0.3, 0.4) is 0 Å². The van der Waals surface area contributed by atoms with Crippen molar-refractivity contribution in [3.8, 4) is 0 Å². The van der Waals surface area contributed by atoms with Crippen molar-refractivity contribution in [3.05, 3.63) is 29.0 Å². The fraction of sp³-hybridized carbons (Fsp3) is 0.300. The number of sulfonamides is 1. The second kappa shape index (κ2) is 5.53. The summed E-state index contributed by atoms with van der Waals surface area (Å²) in [6.45, 7) is 0.486. The highest BCUT2D eigenvalue weighted by Gasteiger charge is 2.25. The molecule has 8 heteroatoms. The van der Waals surface area contributed by atoms with E-state index in [2.05, 4.69) is 0 Å². The molecule has 0 saturated carbocycles. The first-order valence-corrected chi connectivity index (χ1v) is 6.94. The maximum Gasteiger partial charge on any atom is 0.324 e. The quantitative estimate of drug-likeness (QED) is 0.897. The Morgan fingerprint density at radius 1 is 1.50 bits per heavy atom. The Morgan fingerprint density at radius 3 is 2.61 bits per heavy atom. The van der Waals surface area contributed by atoms with Gasteiger partial charge >= 0.3 is 5.97 Å². The summed E-state index contributed by atoms with van der Waals surface area (Å²) in [7, 11) is -3.89. The van der Waals surface area contributed by atoms with Gasteiger partial charge in [0.2, 0.25) is 10.0 Å². The van der Waals surface area contributed by atoms with E-state index in [9.17, 15) is 17.6 Å². The number of aliphatic carboxylic acids is 1. The van der Waals surface area contributed by atoms with Crippen LogP contribution in [0.15, 0.2) is 18.2 Å². The number of carbonyl (C=O) groups is 1. The van der Waals surface area contributed by atoms with Crippen molar-refractivity contribution in [3.63, 3.8) is 0 Å². The van der Waals surface area contributed by atoms with Crippen LogP contribution in [-0.4, -0.2) is 31.8 Å². The highest BCUT2D eigenvalue weighted by molar-refractivity contribution is 7.92. The molecule has 1 N–H and O–H groups in total. The van der Waals surface area contributed by atoms with Crippen LogP contribution in [0, 0.1) is 5.82 Å². The number of rotatable bonds is 5. The van der Waals surface area contributed by atoms with Gasteiger partial charge in [-0.05, 0) is 25.1 Å². The van der Waals surface area contributed by atoms with Gasteiger partial charge in [-0.25, -0.2) is 12.8 Å². The first-order chi connectivity index (χ1) is 8.27. The molecular formula is C10H11ClFNO4S. The number of carboxylic acids is 1. The summed E-state index contributed by atoms with van der Waals surface area (Å²) in [4.78, 5) is 10.7. The van der Waals surface area contributed by atoms with E-state index in [0.29, 0.717) is 4.31 Å². The minimum absolute atomic E-state index is 0.119. The molecule has 0 radical (unpaired) electrons. The van der Waals surface area contributed by atoms with E-state index in [0.717, 1.165) is 12.1 Å². The zero-order chi connectivity index (χ0) is 13.9. The lowest BCUT2D eigenvalue weighted by molar-refractivity contribution is -0.135. The van der Waals surface area contributed by atoms with Gasteiger partial charge in [0.25, 0.3) is 0 Å². The molecule has 0 fully saturated rings. The predicted molar refractivity (Wildman–Crippen MR) is 65.9 cm³/mol. The minimum atomic E-state index is -3.89. The van der Waals surface area contributed by atoms with Crippen LogP contribution in [0.1, 0.15) is 6.92 Å². The van der Waals surface area contributed by atoms with Gasteiger partial charge in [-0.15, -0.1) is 0 Å². The molecular weight excluding hydrogens is 285 g/mol. The molecule has 100 valence electrons. The topological polar surface area (TPSA) is 74.7 Å². The summed E-state index contributed by atoms with van der Waals surface area (Å²) in [5.74, 6) is -2.57. The summed E-state index contributed by atoms with van der Waals surface area (Å²) in [5.41, 5.74) is -0.369. The van der Waals surface area contributed by atoms with Gasteiger partial charge in [-0.1, -0.05) is 11.6 Å². The van der Waals surface area contributed by atoms with Gasteiger partial charge in [-0.3, -0.25) is 9.10 Å².